The molecule has 0 saturated heterocycles. The zero-order valence-corrected chi connectivity index (χ0v) is 12.9. The molecule has 0 heterocycles. The van der Waals surface area contributed by atoms with Gasteiger partial charge in [0.15, 0.2) is 0 Å². The number of hydrogen-bond donors (Lipinski definition) is 0. The average Bonchev–Trinajstić information content (AvgIpc) is 2.49. The first-order valence-corrected chi connectivity index (χ1v) is 7.47. The van der Waals surface area contributed by atoms with Gasteiger partial charge in [0.1, 0.15) is 5.82 Å². The standard InChI is InChI=1S/C18H13Cl2F/c1-11-9-10-12-5-2-3-6-13(12)16(11)17(20)14-7-4-8-15(19)18(14)21/h2-10,17H,1H3. The Bertz CT molecular complexity index is 811. The Kier molecular flexibility index (Phi) is 3.88. The SMILES string of the molecule is Cc1ccc2ccccc2c1C(Cl)c1cccc(Cl)c1F. The van der Waals surface area contributed by atoms with Crippen LogP contribution >= 0.6 is 23.2 Å². The highest BCUT2D eigenvalue weighted by molar-refractivity contribution is 6.31. The lowest BCUT2D eigenvalue weighted by Gasteiger charge is -2.17. The Morgan fingerprint density at radius 2 is 1.71 bits per heavy atom. The van der Waals surface area contributed by atoms with E-state index in [2.05, 4.69) is 0 Å². The van der Waals surface area contributed by atoms with Gasteiger partial charge in [-0.15, -0.1) is 11.6 Å². The van der Waals surface area contributed by atoms with Crippen LogP contribution in [0, 0.1) is 12.7 Å². The van der Waals surface area contributed by atoms with Gasteiger partial charge in [0.25, 0.3) is 0 Å². The van der Waals surface area contributed by atoms with Gasteiger partial charge in [-0.3, -0.25) is 0 Å². The van der Waals surface area contributed by atoms with Crippen LogP contribution in [0.15, 0.2) is 54.6 Å². The summed E-state index contributed by atoms with van der Waals surface area (Å²) in [5.41, 5.74) is 2.37. The van der Waals surface area contributed by atoms with E-state index in [1.807, 2.05) is 43.3 Å². The summed E-state index contributed by atoms with van der Waals surface area (Å²) in [5.74, 6) is -0.452. The Balaban J connectivity index is 2.24. The number of rotatable bonds is 2. The van der Waals surface area contributed by atoms with Crippen LogP contribution in [0.1, 0.15) is 22.1 Å². The van der Waals surface area contributed by atoms with Crippen molar-refractivity contribution in [2.45, 2.75) is 12.3 Å². The van der Waals surface area contributed by atoms with Crippen LogP contribution in [0.3, 0.4) is 0 Å². The molecule has 0 aliphatic carbocycles. The summed E-state index contributed by atoms with van der Waals surface area (Å²) in [7, 11) is 0. The third-order valence-electron chi connectivity index (χ3n) is 3.70. The van der Waals surface area contributed by atoms with E-state index in [0.717, 1.165) is 21.9 Å². The van der Waals surface area contributed by atoms with Crippen LogP contribution in [-0.2, 0) is 0 Å². The van der Waals surface area contributed by atoms with Gasteiger partial charge >= 0.3 is 0 Å². The highest BCUT2D eigenvalue weighted by Crippen LogP contribution is 2.38. The fourth-order valence-corrected chi connectivity index (χ4v) is 3.25. The molecule has 0 N–H and O–H groups in total. The van der Waals surface area contributed by atoms with Gasteiger partial charge in [-0.2, -0.15) is 0 Å². The van der Waals surface area contributed by atoms with E-state index in [0.29, 0.717) is 5.56 Å². The molecule has 3 rings (SSSR count). The van der Waals surface area contributed by atoms with Gasteiger partial charge < -0.3 is 0 Å². The van der Waals surface area contributed by atoms with Crippen LogP contribution in [0.4, 0.5) is 4.39 Å². The second-order valence-electron chi connectivity index (χ2n) is 5.02. The van der Waals surface area contributed by atoms with E-state index >= 15 is 0 Å². The molecule has 1 atom stereocenters. The molecule has 0 amide bonds. The van der Waals surface area contributed by atoms with Crippen molar-refractivity contribution in [3.63, 3.8) is 0 Å². The lowest BCUT2D eigenvalue weighted by atomic mass is 9.94. The molecule has 3 aromatic carbocycles. The van der Waals surface area contributed by atoms with Gasteiger partial charge in [-0.1, -0.05) is 60.1 Å². The molecule has 0 fully saturated rings. The highest BCUT2D eigenvalue weighted by Gasteiger charge is 2.20. The fourth-order valence-electron chi connectivity index (χ4n) is 2.61. The van der Waals surface area contributed by atoms with Crippen molar-refractivity contribution in [1.82, 2.24) is 0 Å². The lowest BCUT2D eigenvalue weighted by molar-refractivity contribution is 0.613. The molecule has 1 unspecified atom stereocenters. The zero-order valence-electron chi connectivity index (χ0n) is 11.4. The van der Waals surface area contributed by atoms with Crippen molar-refractivity contribution in [1.29, 1.82) is 0 Å². The normalized spacial score (nSPS) is 12.6. The van der Waals surface area contributed by atoms with E-state index in [4.69, 9.17) is 23.2 Å². The monoisotopic (exact) mass is 318 g/mol. The van der Waals surface area contributed by atoms with Crippen LogP contribution in [0.5, 0.6) is 0 Å². The average molecular weight is 319 g/mol. The molecule has 0 aromatic heterocycles. The number of alkyl halides is 1. The molecular weight excluding hydrogens is 306 g/mol. The Morgan fingerprint density at radius 1 is 0.952 bits per heavy atom. The van der Waals surface area contributed by atoms with Gasteiger partial charge in [0.2, 0.25) is 0 Å². The smallest absolute Gasteiger partial charge is 0.146 e. The van der Waals surface area contributed by atoms with E-state index in [1.165, 1.54) is 6.07 Å². The van der Waals surface area contributed by atoms with Crippen LogP contribution in [0.25, 0.3) is 10.8 Å². The van der Waals surface area contributed by atoms with E-state index in [1.54, 1.807) is 12.1 Å². The summed E-state index contributed by atoms with van der Waals surface area (Å²) in [4.78, 5) is 0. The molecule has 0 bridgehead atoms. The Hall–Kier alpha value is -1.57. The molecule has 0 aliphatic heterocycles. The third-order valence-corrected chi connectivity index (χ3v) is 4.44. The van der Waals surface area contributed by atoms with Gasteiger partial charge in [0.05, 0.1) is 10.4 Å². The van der Waals surface area contributed by atoms with Crippen molar-refractivity contribution in [2.75, 3.05) is 0 Å². The van der Waals surface area contributed by atoms with E-state index < -0.39 is 11.2 Å². The molecule has 106 valence electrons. The minimum Gasteiger partial charge on any atom is -0.205 e. The summed E-state index contributed by atoms with van der Waals surface area (Å²) in [6.45, 7) is 1.99. The minimum atomic E-state index is -0.574. The molecule has 3 heteroatoms. The molecule has 0 saturated carbocycles. The number of benzene rings is 3. The molecule has 3 aromatic rings. The van der Waals surface area contributed by atoms with Gasteiger partial charge in [-0.25, -0.2) is 4.39 Å². The highest BCUT2D eigenvalue weighted by atomic mass is 35.5. The van der Waals surface area contributed by atoms with Crippen molar-refractivity contribution < 1.29 is 4.39 Å². The quantitative estimate of drug-likeness (QED) is 0.488. The molecule has 21 heavy (non-hydrogen) atoms. The third kappa shape index (κ3) is 2.52. The number of hydrogen-bond acceptors (Lipinski definition) is 0. The second kappa shape index (κ2) is 5.67. The lowest BCUT2D eigenvalue weighted by Crippen LogP contribution is -2.01. The van der Waals surface area contributed by atoms with E-state index in [9.17, 15) is 4.39 Å². The first-order chi connectivity index (χ1) is 10.1. The van der Waals surface area contributed by atoms with Crippen molar-refractivity contribution in [3.05, 3.63) is 82.1 Å². The van der Waals surface area contributed by atoms with E-state index in [-0.39, 0.29) is 5.02 Å². The van der Waals surface area contributed by atoms with Gasteiger partial charge in [-0.05, 0) is 34.9 Å². The summed E-state index contributed by atoms with van der Waals surface area (Å²) in [6, 6.07) is 17.0. The van der Waals surface area contributed by atoms with Gasteiger partial charge in [0, 0.05) is 5.56 Å². The van der Waals surface area contributed by atoms with Crippen LogP contribution in [0.2, 0.25) is 5.02 Å². The maximum atomic E-state index is 14.3. The van der Waals surface area contributed by atoms with Crippen LogP contribution in [-0.4, -0.2) is 0 Å². The summed E-state index contributed by atoms with van der Waals surface area (Å²) < 4.78 is 14.3. The molecular formula is C18H13Cl2F. The number of fused-ring (bicyclic) bond motifs is 1. The Morgan fingerprint density at radius 3 is 2.52 bits per heavy atom. The maximum Gasteiger partial charge on any atom is 0.146 e. The first-order valence-electron chi connectivity index (χ1n) is 6.66. The largest absolute Gasteiger partial charge is 0.205 e. The molecule has 0 aliphatic rings. The predicted octanol–water partition coefficient (Wildman–Crippen LogP) is 6.27. The summed E-state index contributed by atoms with van der Waals surface area (Å²) >= 11 is 12.5. The second-order valence-corrected chi connectivity index (χ2v) is 5.87. The first kappa shape index (κ1) is 14.4. The predicted molar refractivity (Wildman–Crippen MR) is 87.8 cm³/mol. The molecule has 0 spiro atoms. The number of aryl methyl sites for hydroxylation is 1. The van der Waals surface area contributed by atoms with Crippen LogP contribution < -0.4 is 0 Å². The summed E-state index contributed by atoms with van der Waals surface area (Å²) in [6.07, 6.45) is 0. The number of halogens is 3. The zero-order chi connectivity index (χ0) is 15.0. The fraction of sp³-hybridized carbons (Fsp3) is 0.111. The van der Waals surface area contributed by atoms with Crippen molar-refractivity contribution in [2.24, 2.45) is 0 Å². The molecule has 0 radical (unpaired) electrons. The minimum absolute atomic E-state index is 0.0936. The topological polar surface area (TPSA) is 0 Å². The molecule has 0 nitrogen and oxygen atoms in total. The Labute approximate surface area is 133 Å². The van der Waals surface area contributed by atoms with Crippen molar-refractivity contribution in [3.8, 4) is 0 Å². The summed E-state index contributed by atoms with van der Waals surface area (Å²) in [5, 5.41) is 1.65. The maximum absolute atomic E-state index is 14.3. The van der Waals surface area contributed by atoms with Crippen molar-refractivity contribution >= 4 is 34.0 Å².